The molecule has 2 amide bonds. The minimum absolute atomic E-state index is 0.0626. The zero-order valence-corrected chi connectivity index (χ0v) is 14.2. The third-order valence-electron chi connectivity index (χ3n) is 3.73. The van der Waals surface area contributed by atoms with E-state index < -0.39 is 0 Å². The van der Waals surface area contributed by atoms with Gasteiger partial charge >= 0.3 is 0 Å². The van der Waals surface area contributed by atoms with E-state index in [4.69, 9.17) is 4.74 Å². The molecule has 0 radical (unpaired) electrons. The van der Waals surface area contributed by atoms with Gasteiger partial charge in [-0.15, -0.1) is 0 Å². The normalized spacial score (nSPS) is 11.5. The third kappa shape index (κ3) is 4.35. The molecule has 0 aliphatic rings. The number of nitrogens with zero attached hydrogens (tertiary/aromatic N) is 1. The Hall–Kier alpha value is -2.82. The van der Waals surface area contributed by atoms with Crippen molar-refractivity contribution in [3.63, 3.8) is 0 Å². The number of hydrogen-bond acceptors (Lipinski definition) is 3. The minimum Gasteiger partial charge on any atom is -0.495 e. The SMILES string of the molecule is COc1ccccc1N(CC(=O)NC(C)c1ccccc1)C(C)=O. The van der Waals surface area contributed by atoms with E-state index in [0.717, 1.165) is 5.56 Å². The van der Waals surface area contributed by atoms with Crippen LogP contribution < -0.4 is 15.0 Å². The molecule has 2 aromatic rings. The molecule has 0 fully saturated rings. The number of para-hydroxylation sites is 2. The van der Waals surface area contributed by atoms with Crippen LogP contribution >= 0.6 is 0 Å². The largest absolute Gasteiger partial charge is 0.495 e. The number of carbonyl (C=O) groups excluding carboxylic acids is 2. The van der Waals surface area contributed by atoms with Crippen LogP contribution in [-0.4, -0.2) is 25.5 Å². The van der Waals surface area contributed by atoms with Crippen LogP contribution in [0.3, 0.4) is 0 Å². The van der Waals surface area contributed by atoms with Gasteiger partial charge in [-0.3, -0.25) is 14.5 Å². The molecule has 0 aromatic heterocycles. The van der Waals surface area contributed by atoms with E-state index in [1.165, 1.54) is 18.9 Å². The van der Waals surface area contributed by atoms with Gasteiger partial charge in [-0.25, -0.2) is 0 Å². The molecule has 2 rings (SSSR count). The van der Waals surface area contributed by atoms with Gasteiger partial charge in [0.25, 0.3) is 0 Å². The lowest BCUT2D eigenvalue weighted by atomic mass is 10.1. The van der Waals surface area contributed by atoms with Crippen LogP contribution in [0.15, 0.2) is 54.6 Å². The van der Waals surface area contributed by atoms with Crippen molar-refractivity contribution in [2.24, 2.45) is 0 Å². The molecule has 1 unspecified atom stereocenters. The molecule has 1 atom stereocenters. The van der Waals surface area contributed by atoms with Gasteiger partial charge in [-0.1, -0.05) is 42.5 Å². The van der Waals surface area contributed by atoms with Crippen molar-refractivity contribution in [3.05, 3.63) is 60.2 Å². The number of nitrogens with one attached hydrogen (secondary N) is 1. The fourth-order valence-electron chi connectivity index (χ4n) is 2.47. The van der Waals surface area contributed by atoms with Crippen molar-refractivity contribution in [1.82, 2.24) is 5.32 Å². The molecular formula is C19H22N2O3. The summed E-state index contributed by atoms with van der Waals surface area (Å²) < 4.78 is 5.28. The molecule has 0 spiro atoms. The molecule has 2 aromatic carbocycles. The predicted octanol–water partition coefficient (Wildman–Crippen LogP) is 2.93. The smallest absolute Gasteiger partial charge is 0.240 e. The Morgan fingerprint density at radius 1 is 1.08 bits per heavy atom. The first kappa shape index (κ1) is 17.5. The van der Waals surface area contributed by atoms with Gasteiger partial charge in [-0.2, -0.15) is 0 Å². The highest BCUT2D eigenvalue weighted by molar-refractivity contribution is 5.98. The third-order valence-corrected chi connectivity index (χ3v) is 3.73. The number of ether oxygens (including phenoxy) is 1. The monoisotopic (exact) mass is 326 g/mol. The van der Waals surface area contributed by atoms with Crippen LogP contribution in [-0.2, 0) is 9.59 Å². The lowest BCUT2D eigenvalue weighted by Gasteiger charge is -2.24. The van der Waals surface area contributed by atoms with Crippen molar-refractivity contribution >= 4 is 17.5 Å². The average Bonchev–Trinajstić information content (AvgIpc) is 2.60. The lowest BCUT2D eigenvalue weighted by molar-refractivity contribution is -0.123. The van der Waals surface area contributed by atoms with Gasteiger partial charge in [-0.05, 0) is 24.6 Å². The molecule has 24 heavy (non-hydrogen) atoms. The summed E-state index contributed by atoms with van der Waals surface area (Å²) in [5, 5.41) is 2.92. The molecule has 0 saturated carbocycles. The van der Waals surface area contributed by atoms with E-state index >= 15 is 0 Å². The summed E-state index contributed by atoms with van der Waals surface area (Å²) >= 11 is 0. The van der Waals surface area contributed by atoms with E-state index in [9.17, 15) is 9.59 Å². The Kier molecular flexibility index (Phi) is 5.95. The van der Waals surface area contributed by atoms with E-state index in [2.05, 4.69) is 5.32 Å². The van der Waals surface area contributed by atoms with Crippen LogP contribution in [0.4, 0.5) is 5.69 Å². The highest BCUT2D eigenvalue weighted by Gasteiger charge is 2.20. The summed E-state index contributed by atoms with van der Waals surface area (Å²) in [7, 11) is 1.54. The molecule has 0 aliphatic heterocycles. The van der Waals surface area contributed by atoms with Crippen LogP contribution in [0, 0.1) is 0 Å². The van der Waals surface area contributed by atoms with E-state index in [1.54, 1.807) is 18.2 Å². The maximum Gasteiger partial charge on any atom is 0.240 e. The van der Waals surface area contributed by atoms with E-state index in [-0.39, 0.29) is 24.4 Å². The Labute approximate surface area is 142 Å². The fourth-order valence-corrected chi connectivity index (χ4v) is 2.47. The number of hydrogen-bond donors (Lipinski definition) is 1. The van der Waals surface area contributed by atoms with E-state index in [1.807, 2.05) is 43.3 Å². The number of benzene rings is 2. The Morgan fingerprint density at radius 3 is 2.33 bits per heavy atom. The highest BCUT2D eigenvalue weighted by Crippen LogP contribution is 2.27. The molecule has 5 nitrogen and oxygen atoms in total. The van der Waals surface area contributed by atoms with Crippen molar-refractivity contribution in [1.29, 1.82) is 0 Å². The van der Waals surface area contributed by atoms with Gasteiger partial charge < -0.3 is 10.1 Å². The van der Waals surface area contributed by atoms with Crippen molar-refractivity contribution in [2.45, 2.75) is 19.9 Å². The van der Waals surface area contributed by atoms with Gasteiger partial charge in [0, 0.05) is 6.92 Å². The lowest BCUT2D eigenvalue weighted by Crippen LogP contribution is -2.40. The summed E-state index contributed by atoms with van der Waals surface area (Å²) in [5.41, 5.74) is 1.59. The van der Waals surface area contributed by atoms with Gasteiger partial charge in [0.05, 0.1) is 18.8 Å². The number of carbonyl (C=O) groups is 2. The van der Waals surface area contributed by atoms with Crippen LogP contribution in [0.25, 0.3) is 0 Å². The molecule has 0 bridgehead atoms. The number of rotatable bonds is 6. The van der Waals surface area contributed by atoms with Crippen molar-refractivity contribution < 1.29 is 14.3 Å². The second-order valence-corrected chi connectivity index (χ2v) is 5.48. The zero-order chi connectivity index (χ0) is 17.5. The van der Waals surface area contributed by atoms with Gasteiger partial charge in [0.1, 0.15) is 12.3 Å². The summed E-state index contributed by atoms with van der Waals surface area (Å²) in [5.74, 6) is 0.103. The highest BCUT2D eigenvalue weighted by atomic mass is 16.5. The van der Waals surface area contributed by atoms with Gasteiger partial charge in [0.2, 0.25) is 11.8 Å². The second kappa shape index (κ2) is 8.15. The first-order valence-electron chi connectivity index (χ1n) is 7.78. The van der Waals surface area contributed by atoms with Crippen molar-refractivity contribution in [2.75, 3.05) is 18.6 Å². The molecule has 0 aliphatic carbocycles. The summed E-state index contributed by atoms with van der Waals surface area (Å²) in [6, 6.07) is 16.7. The first-order valence-corrected chi connectivity index (χ1v) is 7.78. The zero-order valence-electron chi connectivity index (χ0n) is 14.2. The second-order valence-electron chi connectivity index (χ2n) is 5.48. The molecule has 126 valence electrons. The topological polar surface area (TPSA) is 58.6 Å². The molecule has 0 heterocycles. The summed E-state index contributed by atoms with van der Waals surface area (Å²) in [6.07, 6.45) is 0. The Morgan fingerprint density at radius 2 is 1.71 bits per heavy atom. The molecule has 0 saturated heterocycles. The molecule has 5 heteroatoms. The maximum absolute atomic E-state index is 12.4. The first-order chi connectivity index (χ1) is 11.5. The van der Waals surface area contributed by atoms with Crippen LogP contribution in [0.5, 0.6) is 5.75 Å². The molecular weight excluding hydrogens is 304 g/mol. The number of amides is 2. The number of methoxy groups -OCH3 is 1. The van der Waals surface area contributed by atoms with E-state index in [0.29, 0.717) is 11.4 Å². The quantitative estimate of drug-likeness (QED) is 0.888. The minimum atomic E-state index is -0.229. The maximum atomic E-state index is 12.4. The van der Waals surface area contributed by atoms with Crippen LogP contribution in [0.2, 0.25) is 0 Å². The fraction of sp³-hybridized carbons (Fsp3) is 0.263. The van der Waals surface area contributed by atoms with Gasteiger partial charge in [0.15, 0.2) is 0 Å². The van der Waals surface area contributed by atoms with Crippen molar-refractivity contribution in [3.8, 4) is 5.75 Å². The average molecular weight is 326 g/mol. The Balaban J connectivity index is 2.10. The predicted molar refractivity (Wildman–Crippen MR) is 94.0 cm³/mol. The molecule has 1 N–H and O–H groups in total. The van der Waals surface area contributed by atoms with Crippen LogP contribution in [0.1, 0.15) is 25.5 Å². The Bertz CT molecular complexity index is 701. The standard InChI is InChI=1S/C19H22N2O3/c1-14(16-9-5-4-6-10-16)20-19(23)13-21(15(2)22)17-11-7-8-12-18(17)24-3/h4-12,14H,13H2,1-3H3,(H,20,23). The summed E-state index contributed by atoms with van der Waals surface area (Å²) in [4.78, 5) is 25.8. The number of anilines is 1. The summed E-state index contributed by atoms with van der Waals surface area (Å²) in [6.45, 7) is 3.28.